The zero-order valence-electron chi connectivity index (χ0n) is 37.0. The molecule has 2 saturated heterocycles. The summed E-state index contributed by atoms with van der Waals surface area (Å²) in [5.41, 5.74) is 10.5. The van der Waals surface area contributed by atoms with E-state index in [0.717, 1.165) is 166 Å². The first-order chi connectivity index (χ1) is 30.9. The Morgan fingerprint density at radius 2 is 1.06 bits per heavy atom. The summed E-state index contributed by atoms with van der Waals surface area (Å²) in [6, 6.07) is 22.1. The molecule has 330 valence electrons. The number of benzene rings is 2. The lowest BCUT2D eigenvalue weighted by atomic mass is 9.92. The van der Waals surface area contributed by atoms with Gasteiger partial charge in [-0.1, -0.05) is 6.07 Å². The summed E-state index contributed by atoms with van der Waals surface area (Å²) >= 11 is 0. The van der Waals surface area contributed by atoms with Crippen LogP contribution in [0.4, 0.5) is 22.7 Å². The van der Waals surface area contributed by atoms with Crippen molar-refractivity contribution in [3.63, 3.8) is 0 Å². The van der Waals surface area contributed by atoms with Crippen LogP contribution in [0.1, 0.15) is 68.4 Å². The van der Waals surface area contributed by atoms with Crippen LogP contribution in [0.3, 0.4) is 0 Å². The number of hydrogen-bond acceptors (Lipinski definition) is 13. The maximum atomic E-state index is 6.58. The molecule has 6 aromatic rings. The van der Waals surface area contributed by atoms with Crippen LogP contribution in [-0.4, -0.2) is 102 Å². The van der Waals surface area contributed by atoms with Gasteiger partial charge in [-0.05, 0) is 115 Å². The normalized spacial score (nSPS) is 21.6. The molecule has 63 heavy (non-hydrogen) atoms. The Morgan fingerprint density at radius 3 is 1.68 bits per heavy atom. The van der Waals surface area contributed by atoms with E-state index in [9.17, 15) is 0 Å². The molecule has 0 unspecified atom stereocenters. The molecule has 2 saturated carbocycles. The summed E-state index contributed by atoms with van der Waals surface area (Å²) in [5, 5.41) is 8.48. The molecule has 4 aliphatic rings. The first-order valence-corrected chi connectivity index (χ1v) is 22.9. The number of hydrogen-bond donors (Lipinski definition) is 2. The molecule has 2 aromatic carbocycles. The van der Waals surface area contributed by atoms with Gasteiger partial charge in [0.2, 0.25) is 0 Å². The van der Waals surface area contributed by atoms with Gasteiger partial charge < -0.3 is 39.4 Å². The number of aromatic nitrogens is 5. The van der Waals surface area contributed by atoms with Crippen molar-refractivity contribution < 1.29 is 18.9 Å². The molecule has 0 bridgehead atoms. The van der Waals surface area contributed by atoms with Gasteiger partial charge >= 0.3 is 0 Å². The van der Waals surface area contributed by atoms with Gasteiger partial charge in [0.05, 0.1) is 44.2 Å². The summed E-state index contributed by atoms with van der Waals surface area (Å²) < 4.78 is 24.1. The van der Waals surface area contributed by atoms with E-state index in [-0.39, 0.29) is 12.2 Å². The van der Waals surface area contributed by atoms with Crippen LogP contribution >= 0.6 is 0 Å². The molecule has 10 rings (SSSR count). The molecule has 4 aromatic heterocycles. The van der Waals surface area contributed by atoms with E-state index in [4.69, 9.17) is 18.9 Å². The number of nitrogens with zero attached hydrogens (tertiary/aromatic N) is 7. The molecule has 0 amide bonds. The third kappa shape index (κ3) is 11.1. The average Bonchev–Trinajstić information content (AvgIpc) is 3.31. The molecule has 2 aliphatic carbocycles. The summed E-state index contributed by atoms with van der Waals surface area (Å²) in [4.78, 5) is 27.2. The Balaban J connectivity index is 0.000000160. The van der Waals surface area contributed by atoms with Crippen molar-refractivity contribution in [1.29, 1.82) is 0 Å². The van der Waals surface area contributed by atoms with E-state index in [1.165, 1.54) is 11.4 Å². The first kappa shape index (κ1) is 42.5. The lowest BCUT2D eigenvalue weighted by molar-refractivity contribution is 0.122. The fraction of sp³-hybridized carbons (Fsp3) is 0.460. The van der Waals surface area contributed by atoms with Gasteiger partial charge in [0.15, 0.2) is 0 Å². The Morgan fingerprint density at radius 1 is 0.524 bits per heavy atom. The molecule has 4 fully saturated rings. The highest BCUT2D eigenvalue weighted by Crippen LogP contribution is 2.36. The minimum Gasteiger partial charge on any atom is -0.488 e. The SMILES string of the molecule is Cc1cc(NC2CCC(Oc3cc(N4CCOCC4)cc4cccnc34)CC2)cc(C)n1.Cc1cc(NC2CCC(Oc3cc(N4CCOCC4)cc4nccnc34)CC2)ccn1. The van der Waals surface area contributed by atoms with Gasteiger partial charge in [-0.3, -0.25) is 19.9 Å². The smallest absolute Gasteiger partial charge is 0.149 e. The van der Waals surface area contributed by atoms with Gasteiger partial charge in [0.1, 0.15) is 22.5 Å². The summed E-state index contributed by atoms with van der Waals surface area (Å²) in [6.07, 6.45) is 16.1. The van der Waals surface area contributed by atoms with Gasteiger partial charge in [-0.25, -0.2) is 4.98 Å². The number of rotatable bonds is 10. The highest BCUT2D eigenvalue weighted by atomic mass is 16.5. The predicted molar refractivity (Wildman–Crippen MR) is 251 cm³/mol. The van der Waals surface area contributed by atoms with Crippen molar-refractivity contribution in [3.05, 3.63) is 103 Å². The average molecular weight is 852 g/mol. The second-order valence-electron chi connectivity index (χ2n) is 17.4. The van der Waals surface area contributed by atoms with Gasteiger partial charge in [-0.2, -0.15) is 0 Å². The number of fused-ring (bicyclic) bond motifs is 2. The van der Waals surface area contributed by atoms with E-state index >= 15 is 0 Å². The largest absolute Gasteiger partial charge is 0.488 e. The Kier molecular flexibility index (Phi) is 13.6. The van der Waals surface area contributed by atoms with Crippen molar-refractivity contribution in [2.24, 2.45) is 0 Å². The molecular weight excluding hydrogens is 791 g/mol. The minimum atomic E-state index is 0.197. The van der Waals surface area contributed by atoms with Crippen molar-refractivity contribution in [2.75, 3.05) is 73.0 Å². The van der Waals surface area contributed by atoms with Crippen molar-refractivity contribution in [3.8, 4) is 11.5 Å². The third-order valence-electron chi connectivity index (χ3n) is 12.6. The minimum absolute atomic E-state index is 0.197. The van der Waals surface area contributed by atoms with E-state index in [1.54, 1.807) is 12.4 Å². The lowest BCUT2D eigenvalue weighted by Gasteiger charge is -2.32. The van der Waals surface area contributed by atoms with Gasteiger partial charge in [0.25, 0.3) is 0 Å². The number of pyridine rings is 3. The van der Waals surface area contributed by atoms with Gasteiger partial charge in [0, 0.05) is 120 Å². The monoisotopic (exact) mass is 851 g/mol. The van der Waals surface area contributed by atoms with Crippen molar-refractivity contribution in [2.45, 2.75) is 96.4 Å². The topological polar surface area (TPSA) is 132 Å². The summed E-state index contributed by atoms with van der Waals surface area (Å²) in [6.45, 7) is 12.8. The predicted octanol–water partition coefficient (Wildman–Crippen LogP) is 8.86. The maximum Gasteiger partial charge on any atom is 0.149 e. The zero-order chi connectivity index (χ0) is 43.0. The molecule has 0 radical (unpaired) electrons. The first-order valence-electron chi connectivity index (χ1n) is 22.9. The van der Waals surface area contributed by atoms with Crippen LogP contribution in [0.25, 0.3) is 21.9 Å². The fourth-order valence-electron chi connectivity index (χ4n) is 9.39. The Labute approximate surface area is 371 Å². The molecule has 13 heteroatoms. The zero-order valence-corrected chi connectivity index (χ0v) is 37.0. The number of ether oxygens (including phenoxy) is 4. The second-order valence-corrected chi connectivity index (χ2v) is 17.4. The summed E-state index contributed by atoms with van der Waals surface area (Å²) in [5.74, 6) is 1.75. The second kappa shape index (κ2) is 20.2. The molecule has 2 N–H and O–H groups in total. The van der Waals surface area contributed by atoms with Crippen LogP contribution in [0.2, 0.25) is 0 Å². The maximum absolute atomic E-state index is 6.58. The highest BCUT2D eigenvalue weighted by molar-refractivity contribution is 5.88. The third-order valence-corrected chi connectivity index (χ3v) is 12.6. The van der Waals surface area contributed by atoms with Crippen LogP contribution in [0.5, 0.6) is 11.5 Å². The van der Waals surface area contributed by atoms with Crippen molar-refractivity contribution in [1.82, 2.24) is 24.9 Å². The van der Waals surface area contributed by atoms with E-state index in [2.05, 4.69) is 93.9 Å². The van der Waals surface area contributed by atoms with Crippen LogP contribution in [0.15, 0.2) is 85.5 Å². The summed E-state index contributed by atoms with van der Waals surface area (Å²) in [7, 11) is 0. The molecule has 6 heterocycles. The quantitative estimate of drug-likeness (QED) is 0.136. The molecular formula is C50H61N9O4. The Hall–Kier alpha value is -5.79. The fourth-order valence-corrected chi connectivity index (χ4v) is 9.39. The van der Waals surface area contributed by atoms with E-state index in [1.807, 2.05) is 45.3 Å². The number of aryl methyl sites for hydroxylation is 3. The van der Waals surface area contributed by atoms with Gasteiger partial charge in [-0.15, -0.1) is 0 Å². The van der Waals surface area contributed by atoms with Crippen molar-refractivity contribution >= 4 is 44.7 Å². The molecule has 0 spiro atoms. The highest BCUT2D eigenvalue weighted by Gasteiger charge is 2.26. The van der Waals surface area contributed by atoms with Crippen LogP contribution in [-0.2, 0) is 9.47 Å². The lowest BCUT2D eigenvalue weighted by Crippen LogP contribution is -2.36. The number of nitrogens with one attached hydrogen (secondary N) is 2. The van der Waals surface area contributed by atoms with Crippen LogP contribution < -0.4 is 29.9 Å². The van der Waals surface area contributed by atoms with E-state index < -0.39 is 0 Å². The Bertz CT molecular complexity index is 2420. The number of morpholine rings is 2. The number of anilines is 4. The van der Waals surface area contributed by atoms with Crippen LogP contribution in [0, 0.1) is 20.8 Å². The molecule has 2 aliphatic heterocycles. The molecule has 0 atom stereocenters. The molecule has 13 nitrogen and oxygen atoms in total. The van der Waals surface area contributed by atoms with E-state index in [0.29, 0.717) is 12.1 Å². The standard InChI is InChI=1S/C26H32N4O2.C24H29N5O2/c1-18-14-22(15-19(2)28-18)29-21-5-7-24(8-6-21)32-25-17-23(30-10-12-31-13-11-30)16-20-4-3-9-27-26(20)25;1-17-14-19(6-7-25-17)28-18-2-4-21(5-3-18)31-23-16-20(29-10-12-30-13-11-29)15-22-24(23)27-9-8-26-22/h3-4,9,14-17,21,24H,5-8,10-13H2,1-2H3,(H,28,29);6-9,14-16,18,21H,2-5,10-13H2,1H3,(H,25,28).